The van der Waals surface area contributed by atoms with Gasteiger partial charge in [0, 0.05) is 0 Å². The van der Waals surface area contributed by atoms with Crippen molar-refractivity contribution in [2.24, 2.45) is 0 Å². The van der Waals surface area contributed by atoms with Crippen molar-refractivity contribution in [3.05, 3.63) is 73.0 Å². The third-order valence-corrected chi connectivity index (χ3v) is 16.3. The second-order valence-corrected chi connectivity index (χ2v) is 15.5. The van der Waals surface area contributed by atoms with E-state index >= 15 is 0 Å². The standard InChI is InChI=1S/C20H11N2O2S.In/c21-13-15-7-3-5-14(11-15)6-4-10-16-8-1-2-9-17(16)12-18-19(23)22-20(24)25-18;/h1-3,5,7,9-11H,6H2,(H,22,23,24);. The first-order valence-electron chi connectivity index (χ1n) is 8.26. The van der Waals surface area contributed by atoms with Gasteiger partial charge in [0.1, 0.15) is 0 Å². The van der Waals surface area contributed by atoms with Gasteiger partial charge in [-0.2, -0.15) is 0 Å². The number of imide groups is 1. The van der Waals surface area contributed by atoms with Gasteiger partial charge < -0.3 is 0 Å². The number of benzene rings is 2. The molecule has 122 valence electrons. The fourth-order valence-corrected chi connectivity index (χ4v) is 16.5. The van der Waals surface area contributed by atoms with Crippen molar-refractivity contribution in [1.29, 1.82) is 5.26 Å². The van der Waals surface area contributed by atoms with E-state index < -0.39 is 21.4 Å². The summed E-state index contributed by atoms with van der Waals surface area (Å²) >= 11 is -1.52. The number of hydrogen-bond acceptors (Lipinski definition) is 4. The molecule has 2 aromatic carbocycles. The molecule has 2 aromatic rings. The zero-order valence-electron chi connectivity index (χ0n) is 13.6. The van der Waals surface area contributed by atoms with Crippen molar-refractivity contribution in [2.75, 3.05) is 0 Å². The molecule has 4 nitrogen and oxygen atoms in total. The minimum absolute atomic E-state index is 0.252. The van der Waals surface area contributed by atoms with Crippen molar-refractivity contribution in [2.45, 2.75) is 6.42 Å². The average Bonchev–Trinajstić information content (AvgIpc) is 3.20. The summed E-state index contributed by atoms with van der Waals surface area (Å²) in [6.45, 7) is 0. The van der Waals surface area contributed by atoms with Gasteiger partial charge in [-0.3, -0.25) is 0 Å². The summed E-state index contributed by atoms with van der Waals surface area (Å²) in [5.74, 6) is -0.252. The Balaban J connectivity index is 1.60. The Morgan fingerprint density at radius 1 is 1.15 bits per heavy atom. The zero-order chi connectivity index (χ0) is 17.8. The first kappa shape index (κ1) is 16.0. The molecule has 1 N–H and O–H groups in total. The van der Waals surface area contributed by atoms with Crippen LogP contribution in [0.5, 0.6) is 0 Å². The number of carbonyl (C=O) groups is 2. The molecule has 1 fully saturated rings. The third kappa shape index (κ3) is 2.31. The molecule has 5 rings (SSSR count). The molecule has 6 heteroatoms. The Hall–Kier alpha value is -2.23. The number of nitrogens with one attached hydrogen (secondary N) is 1. The summed E-state index contributed by atoms with van der Waals surface area (Å²) in [6, 6.07) is 16.2. The van der Waals surface area contributed by atoms with Gasteiger partial charge >= 0.3 is 163 Å². The number of nitrogens with zero attached hydrogens (tertiary/aromatic N) is 1. The van der Waals surface area contributed by atoms with Crippen LogP contribution in [0.1, 0.15) is 22.3 Å². The summed E-state index contributed by atoms with van der Waals surface area (Å²) in [6.07, 6.45) is 3.09. The first-order valence-corrected chi connectivity index (χ1v) is 14.0. The van der Waals surface area contributed by atoms with Gasteiger partial charge in [-0.25, -0.2) is 0 Å². The van der Waals surface area contributed by atoms with Crippen LogP contribution in [0, 0.1) is 11.3 Å². The quantitative estimate of drug-likeness (QED) is 0.703. The van der Waals surface area contributed by atoms with Crippen molar-refractivity contribution in [3.63, 3.8) is 0 Å². The molecule has 0 aromatic heterocycles. The van der Waals surface area contributed by atoms with E-state index in [1.165, 1.54) is 12.2 Å². The van der Waals surface area contributed by atoms with Gasteiger partial charge in [0.05, 0.1) is 0 Å². The van der Waals surface area contributed by atoms with Gasteiger partial charge in [-0.1, -0.05) is 0 Å². The van der Waals surface area contributed by atoms with Crippen LogP contribution in [-0.2, 0) is 11.2 Å². The van der Waals surface area contributed by atoms with Gasteiger partial charge in [0.25, 0.3) is 0 Å². The fourth-order valence-electron chi connectivity index (χ4n) is 4.08. The average molecular weight is 458 g/mol. The van der Waals surface area contributed by atoms with Crippen molar-refractivity contribution in [1.82, 2.24) is 5.32 Å². The Morgan fingerprint density at radius 3 is 2.73 bits per heavy atom. The van der Waals surface area contributed by atoms with E-state index in [1.807, 2.05) is 24.3 Å². The number of allylic oxidation sites excluding steroid dienone is 1. The molecule has 0 spiro atoms. The van der Waals surface area contributed by atoms with E-state index in [-0.39, 0.29) is 11.1 Å². The Labute approximate surface area is 162 Å². The summed E-state index contributed by atoms with van der Waals surface area (Å²) in [4.78, 5) is 24.6. The molecule has 3 heterocycles. The Morgan fingerprint density at radius 2 is 2.00 bits per heavy atom. The predicted molar refractivity (Wildman–Crippen MR) is 103 cm³/mol. The second kappa shape index (κ2) is 5.90. The van der Waals surface area contributed by atoms with Crippen molar-refractivity contribution < 1.29 is 9.59 Å². The molecule has 0 unspecified atom stereocenters. The van der Waals surface area contributed by atoms with Gasteiger partial charge in [-0.05, 0) is 0 Å². The van der Waals surface area contributed by atoms with E-state index in [4.69, 9.17) is 5.26 Å². The van der Waals surface area contributed by atoms with Crippen LogP contribution in [0.3, 0.4) is 0 Å². The minimum atomic E-state index is -2.56. The molecule has 2 amide bonds. The number of amides is 2. The predicted octanol–water partition coefficient (Wildman–Crippen LogP) is 2.69. The number of thioether (sulfide) groups is 1. The molecule has 26 heavy (non-hydrogen) atoms. The normalized spacial score (nSPS) is 19.7. The van der Waals surface area contributed by atoms with Crippen LogP contribution in [-0.4, -0.2) is 32.6 Å². The Kier molecular flexibility index (Phi) is 3.63. The molecule has 3 aliphatic rings. The SMILES string of the molecule is N#Cc1cccc(C[C]2=Cc3c4ccc[c]3[In]2/[C]4=C2\SC(=O)NC2=O)c1. The van der Waals surface area contributed by atoms with E-state index in [0.29, 0.717) is 10.5 Å². The summed E-state index contributed by atoms with van der Waals surface area (Å²) in [5, 5.41) is 11.2. The monoisotopic (exact) mass is 458 g/mol. The van der Waals surface area contributed by atoms with Crippen LogP contribution in [0.2, 0.25) is 0 Å². The van der Waals surface area contributed by atoms with Crippen molar-refractivity contribution in [3.8, 4) is 6.07 Å². The van der Waals surface area contributed by atoms with Crippen molar-refractivity contribution >= 4 is 57.1 Å². The van der Waals surface area contributed by atoms with Gasteiger partial charge in [0.2, 0.25) is 0 Å². The fraction of sp³-hybridized carbons (Fsp3) is 0.0500. The number of nitriles is 1. The van der Waals surface area contributed by atoms with Gasteiger partial charge in [0.15, 0.2) is 0 Å². The summed E-state index contributed by atoms with van der Waals surface area (Å²) in [7, 11) is 0. The first-order chi connectivity index (χ1) is 12.7. The molecule has 0 saturated carbocycles. The van der Waals surface area contributed by atoms with E-state index in [2.05, 4.69) is 35.7 Å². The van der Waals surface area contributed by atoms with Gasteiger partial charge in [-0.15, -0.1) is 0 Å². The van der Waals surface area contributed by atoms with E-state index in [9.17, 15) is 9.59 Å². The maximum atomic E-state index is 12.3. The number of hydrogen-bond donors (Lipinski definition) is 1. The zero-order valence-corrected chi connectivity index (χ0v) is 17.7. The second-order valence-electron chi connectivity index (χ2n) is 6.54. The third-order valence-electron chi connectivity index (χ3n) is 5.06. The van der Waals surface area contributed by atoms with E-state index in [0.717, 1.165) is 32.6 Å². The van der Waals surface area contributed by atoms with E-state index in [1.54, 1.807) is 0 Å². The molecule has 0 aliphatic carbocycles. The number of carbonyl (C=O) groups excluding carboxylic acids is 2. The number of rotatable bonds is 2. The molecule has 3 aliphatic heterocycles. The summed E-state index contributed by atoms with van der Waals surface area (Å²) < 4.78 is 3.97. The summed E-state index contributed by atoms with van der Waals surface area (Å²) in [5.41, 5.74) is 4.18. The molecular weight excluding hydrogens is 447 g/mol. The van der Waals surface area contributed by atoms with Crippen LogP contribution < -0.4 is 8.64 Å². The van der Waals surface area contributed by atoms with Crippen LogP contribution in [0.25, 0.3) is 9.41 Å². The molecule has 0 radical (unpaired) electrons. The van der Waals surface area contributed by atoms with Crippen LogP contribution >= 0.6 is 11.8 Å². The maximum absolute atomic E-state index is 12.3. The van der Waals surface area contributed by atoms with Crippen LogP contribution in [0.4, 0.5) is 4.79 Å². The molecule has 4 bridgehead atoms. The Bertz CT molecular complexity index is 1130. The topological polar surface area (TPSA) is 70.0 Å². The molecule has 0 atom stereocenters. The molecular formula is C20H11InN2O2S. The van der Waals surface area contributed by atoms with Crippen LogP contribution in [0.15, 0.2) is 50.7 Å². The molecule has 1 saturated heterocycles.